The summed E-state index contributed by atoms with van der Waals surface area (Å²) in [4.78, 5) is 32.4. The number of nitrogens with one attached hydrogen (secondary N) is 2. The first-order valence-electron chi connectivity index (χ1n) is 6.31. The maximum atomic E-state index is 11.5. The number of carboxylic acid groups (broad SMARTS) is 1. The average Bonchev–Trinajstić information content (AvgIpc) is 2.42. The van der Waals surface area contributed by atoms with Gasteiger partial charge in [-0.2, -0.15) is 0 Å². The van der Waals surface area contributed by atoms with Crippen molar-refractivity contribution in [1.82, 2.24) is 5.32 Å². The zero-order chi connectivity index (χ0) is 15.7. The highest BCUT2D eigenvalue weighted by Gasteiger charge is 2.01. The summed E-state index contributed by atoms with van der Waals surface area (Å²) in [6.07, 6.45) is 3.20. The summed E-state index contributed by atoms with van der Waals surface area (Å²) in [5, 5.41) is 13.7. The van der Waals surface area contributed by atoms with Gasteiger partial charge >= 0.3 is 12.0 Å². The van der Waals surface area contributed by atoms with E-state index in [2.05, 4.69) is 10.6 Å². The molecule has 0 aromatic heterocycles. The van der Waals surface area contributed by atoms with E-state index in [4.69, 9.17) is 10.8 Å². The summed E-state index contributed by atoms with van der Waals surface area (Å²) in [5.74, 6) is -1.42. The summed E-state index contributed by atoms with van der Waals surface area (Å²) in [6, 6.07) is 6.30. The predicted octanol–water partition coefficient (Wildman–Crippen LogP) is 1.17. The van der Waals surface area contributed by atoms with Gasteiger partial charge < -0.3 is 21.5 Å². The van der Waals surface area contributed by atoms with Gasteiger partial charge in [-0.25, -0.2) is 9.59 Å². The number of nitrogens with two attached hydrogens (primary N) is 1. The lowest BCUT2D eigenvalue weighted by Gasteiger charge is -2.07. The third-order valence-corrected chi connectivity index (χ3v) is 2.47. The first-order chi connectivity index (χ1) is 9.97. The number of amides is 3. The summed E-state index contributed by atoms with van der Waals surface area (Å²) in [6.45, 7) is 0.355. The van der Waals surface area contributed by atoms with Crippen molar-refractivity contribution in [3.8, 4) is 0 Å². The average molecular weight is 291 g/mol. The minimum absolute atomic E-state index is 0.227. The number of rotatable bonds is 7. The highest BCUT2D eigenvalue weighted by molar-refractivity contribution is 5.89. The van der Waals surface area contributed by atoms with Crippen molar-refractivity contribution in [3.63, 3.8) is 0 Å². The fraction of sp³-hybridized carbons (Fsp3) is 0.214. The summed E-state index contributed by atoms with van der Waals surface area (Å²) < 4.78 is 0. The molecule has 112 valence electrons. The van der Waals surface area contributed by atoms with Gasteiger partial charge in [-0.3, -0.25) is 4.79 Å². The molecule has 3 amide bonds. The molecule has 7 heteroatoms. The Kier molecular flexibility index (Phi) is 6.46. The highest BCUT2D eigenvalue weighted by Crippen LogP contribution is 2.10. The minimum Gasteiger partial charge on any atom is -0.478 e. The van der Waals surface area contributed by atoms with Crippen molar-refractivity contribution in [2.24, 2.45) is 5.73 Å². The number of aliphatic carboxylic acids is 1. The molecule has 0 fully saturated rings. The lowest BCUT2D eigenvalue weighted by atomic mass is 10.2. The van der Waals surface area contributed by atoms with Crippen LogP contribution in [0.1, 0.15) is 18.4 Å². The van der Waals surface area contributed by atoms with Crippen LogP contribution in [0.2, 0.25) is 0 Å². The molecule has 1 aromatic carbocycles. The normalized spacial score (nSPS) is 10.3. The highest BCUT2D eigenvalue weighted by atomic mass is 16.4. The van der Waals surface area contributed by atoms with Gasteiger partial charge in [0.1, 0.15) is 0 Å². The van der Waals surface area contributed by atoms with Gasteiger partial charge in [0.25, 0.3) is 0 Å². The SMILES string of the molecule is NC(=O)CCCNC(=O)Nc1ccc(/C=C/C(=O)O)cc1. The maximum absolute atomic E-state index is 11.5. The largest absolute Gasteiger partial charge is 0.478 e. The number of urea groups is 1. The molecule has 1 aromatic rings. The number of carbonyl (C=O) groups excluding carboxylic acids is 2. The second-order valence-electron chi connectivity index (χ2n) is 4.24. The first-order valence-corrected chi connectivity index (χ1v) is 6.31. The molecular weight excluding hydrogens is 274 g/mol. The van der Waals surface area contributed by atoms with Crippen LogP contribution in [-0.2, 0) is 9.59 Å². The number of primary amides is 1. The summed E-state index contributed by atoms with van der Waals surface area (Å²) in [5.41, 5.74) is 6.27. The molecule has 0 aliphatic carbocycles. The lowest BCUT2D eigenvalue weighted by molar-refractivity contribution is -0.131. The number of carboxylic acids is 1. The quantitative estimate of drug-likeness (QED) is 0.445. The zero-order valence-electron chi connectivity index (χ0n) is 11.3. The molecule has 0 radical (unpaired) electrons. The maximum Gasteiger partial charge on any atom is 0.328 e. The van der Waals surface area contributed by atoms with E-state index in [9.17, 15) is 14.4 Å². The van der Waals surface area contributed by atoms with Crippen LogP contribution >= 0.6 is 0 Å². The molecule has 1 rings (SSSR count). The molecule has 5 N–H and O–H groups in total. The summed E-state index contributed by atoms with van der Waals surface area (Å²) >= 11 is 0. The van der Waals surface area contributed by atoms with E-state index in [1.54, 1.807) is 24.3 Å². The molecule has 7 nitrogen and oxygen atoms in total. The van der Waals surface area contributed by atoms with Crippen LogP contribution in [0.15, 0.2) is 30.3 Å². The third-order valence-electron chi connectivity index (χ3n) is 2.47. The van der Waals surface area contributed by atoms with Crippen LogP contribution in [0.3, 0.4) is 0 Å². The first kappa shape index (κ1) is 16.2. The van der Waals surface area contributed by atoms with Crippen molar-refractivity contribution < 1.29 is 19.5 Å². The van der Waals surface area contributed by atoms with E-state index in [1.807, 2.05) is 0 Å². The Morgan fingerprint density at radius 2 is 1.86 bits per heavy atom. The standard InChI is InChI=1S/C14H17N3O4/c15-12(18)2-1-9-16-14(21)17-11-6-3-10(4-7-11)5-8-13(19)20/h3-8H,1-2,9H2,(H2,15,18)(H,19,20)(H2,16,17,21)/b8-5+. The Bertz CT molecular complexity index is 538. The van der Waals surface area contributed by atoms with Gasteiger partial charge in [-0.05, 0) is 30.2 Å². The molecule has 0 saturated carbocycles. The lowest BCUT2D eigenvalue weighted by Crippen LogP contribution is -2.30. The van der Waals surface area contributed by atoms with Crippen LogP contribution < -0.4 is 16.4 Å². The third kappa shape index (κ3) is 7.36. The number of hydrogen-bond donors (Lipinski definition) is 4. The molecule has 0 spiro atoms. The molecular formula is C14H17N3O4. The van der Waals surface area contributed by atoms with Crippen molar-refractivity contribution in [2.45, 2.75) is 12.8 Å². The van der Waals surface area contributed by atoms with Crippen molar-refractivity contribution >= 4 is 29.7 Å². The van der Waals surface area contributed by atoms with Crippen LogP contribution in [0, 0.1) is 0 Å². The Morgan fingerprint density at radius 1 is 1.19 bits per heavy atom. The predicted molar refractivity (Wildman–Crippen MR) is 78.6 cm³/mol. The van der Waals surface area contributed by atoms with Gasteiger partial charge in [-0.15, -0.1) is 0 Å². The second kappa shape index (κ2) is 8.36. The molecule has 0 aliphatic rings. The molecule has 21 heavy (non-hydrogen) atoms. The van der Waals surface area contributed by atoms with Gasteiger partial charge in [0.05, 0.1) is 0 Å². The Hall–Kier alpha value is -2.83. The van der Waals surface area contributed by atoms with Crippen LogP contribution in [0.25, 0.3) is 6.08 Å². The molecule has 0 heterocycles. The van der Waals surface area contributed by atoms with E-state index in [0.717, 1.165) is 6.08 Å². The smallest absolute Gasteiger partial charge is 0.328 e. The number of carbonyl (C=O) groups is 3. The van der Waals surface area contributed by atoms with Crippen LogP contribution in [-0.4, -0.2) is 29.6 Å². The van der Waals surface area contributed by atoms with E-state index in [-0.39, 0.29) is 12.5 Å². The number of anilines is 1. The molecule has 0 aliphatic heterocycles. The molecule has 0 atom stereocenters. The van der Waals surface area contributed by atoms with Crippen molar-refractivity contribution in [1.29, 1.82) is 0 Å². The monoisotopic (exact) mass is 291 g/mol. The minimum atomic E-state index is -1.02. The topological polar surface area (TPSA) is 122 Å². The van der Waals surface area contributed by atoms with Crippen molar-refractivity contribution in [3.05, 3.63) is 35.9 Å². The Labute approximate surface area is 121 Å². The number of hydrogen-bond acceptors (Lipinski definition) is 3. The van der Waals surface area contributed by atoms with Gasteiger partial charge in [0.15, 0.2) is 0 Å². The molecule has 0 saturated heterocycles. The van der Waals surface area contributed by atoms with Gasteiger partial charge in [0, 0.05) is 24.7 Å². The second-order valence-corrected chi connectivity index (χ2v) is 4.24. The molecule has 0 unspecified atom stereocenters. The fourth-order valence-electron chi connectivity index (χ4n) is 1.48. The van der Waals surface area contributed by atoms with Gasteiger partial charge in [0.2, 0.25) is 5.91 Å². The van der Waals surface area contributed by atoms with Crippen LogP contribution in [0.4, 0.5) is 10.5 Å². The van der Waals surface area contributed by atoms with E-state index >= 15 is 0 Å². The van der Waals surface area contributed by atoms with E-state index in [1.165, 1.54) is 6.08 Å². The Morgan fingerprint density at radius 3 is 2.43 bits per heavy atom. The summed E-state index contributed by atoms with van der Waals surface area (Å²) in [7, 11) is 0. The van der Waals surface area contributed by atoms with E-state index in [0.29, 0.717) is 24.2 Å². The van der Waals surface area contributed by atoms with Gasteiger partial charge in [-0.1, -0.05) is 12.1 Å². The number of benzene rings is 1. The molecule has 0 bridgehead atoms. The zero-order valence-corrected chi connectivity index (χ0v) is 11.3. The fourth-order valence-corrected chi connectivity index (χ4v) is 1.48. The Balaban J connectivity index is 2.39. The van der Waals surface area contributed by atoms with E-state index < -0.39 is 11.9 Å². The van der Waals surface area contributed by atoms with Crippen LogP contribution in [0.5, 0.6) is 0 Å². The van der Waals surface area contributed by atoms with Crippen molar-refractivity contribution in [2.75, 3.05) is 11.9 Å².